The molecule has 0 radical (unpaired) electrons. The Morgan fingerprint density at radius 1 is 1.10 bits per heavy atom. The van der Waals surface area contributed by atoms with Crippen molar-refractivity contribution in [3.05, 3.63) is 64.1 Å². The standard InChI is InChI=1S/C16H14Cl2OS/c1-2-15(16(19)11-6-4-3-5-7-11)20-12-8-9-13(17)14(18)10-12/h3-10,15H,2H2,1H3. The third kappa shape index (κ3) is 3.78. The summed E-state index contributed by atoms with van der Waals surface area (Å²) in [7, 11) is 0. The van der Waals surface area contributed by atoms with E-state index >= 15 is 0 Å². The highest BCUT2D eigenvalue weighted by molar-refractivity contribution is 8.00. The Balaban J connectivity index is 2.16. The molecule has 0 aliphatic rings. The maximum Gasteiger partial charge on any atom is 0.176 e. The fraction of sp³-hybridized carbons (Fsp3) is 0.188. The molecule has 1 atom stereocenters. The monoisotopic (exact) mass is 324 g/mol. The third-order valence-electron chi connectivity index (χ3n) is 2.89. The van der Waals surface area contributed by atoms with Crippen LogP contribution in [0.5, 0.6) is 0 Å². The zero-order valence-corrected chi connectivity index (χ0v) is 13.3. The number of benzene rings is 2. The first-order valence-corrected chi connectivity index (χ1v) is 7.96. The van der Waals surface area contributed by atoms with Crippen molar-refractivity contribution in [3.8, 4) is 0 Å². The van der Waals surface area contributed by atoms with Gasteiger partial charge in [-0.3, -0.25) is 4.79 Å². The highest BCUT2D eigenvalue weighted by Gasteiger charge is 2.19. The molecule has 0 aliphatic heterocycles. The van der Waals surface area contributed by atoms with Crippen molar-refractivity contribution in [1.82, 2.24) is 0 Å². The van der Waals surface area contributed by atoms with Gasteiger partial charge in [-0.05, 0) is 24.6 Å². The molecule has 20 heavy (non-hydrogen) atoms. The summed E-state index contributed by atoms with van der Waals surface area (Å²) in [5.41, 5.74) is 0.743. The second kappa shape index (κ2) is 7.16. The summed E-state index contributed by atoms with van der Waals surface area (Å²) in [4.78, 5) is 13.4. The van der Waals surface area contributed by atoms with E-state index in [1.807, 2.05) is 43.3 Å². The Hall–Kier alpha value is -0.960. The summed E-state index contributed by atoms with van der Waals surface area (Å²) in [5.74, 6) is 0.143. The van der Waals surface area contributed by atoms with Gasteiger partial charge in [0.15, 0.2) is 5.78 Å². The second-order valence-electron chi connectivity index (χ2n) is 4.32. The minimum absolute atomic E-state index is 0.116. The number of hydrogen-bond donors (Lipinski definition) is 0. The molecule has 0 N–H and O–H groups in total. The van der Waals surface area contributed by atoms with Crippen LogP contribution in [0.15, 0.2) is 53.4 Å². The zero-order chi connectivity index (χ0) is 14.5. The Labute approximate surface area is 133 Å². The molecule has 1 nitrogen and oxygen atoms in total. The molecule has 104 valence electrons. The first-order chi connectivity index (χ1) is 9.61. The topological polar surface area (TPSA) is 17.1 Å². The molecule has 0 aromatic heterocycles. The first-order valence-electron chi connectivity index (χ1n) is 6.32. The van der Waals surface area contributed by atoms with Crippen LogP contribution in [0.1, 0.15) is 23.7 Å². The van der Waals surface area contributed by atoms with Crippen LogP contribution in [0, 0.1) is 0 Å². The number of Topliss-reactive ketones (excluding diaryl/α,β-unsaturated/α-hetero) is 1. The molecule has 0 saturated heterocycles. The lowest BCUT2D eigenvalue weighted by molar-refractivity contribution is 0.0988. The van der Waals surface area contributed by atoms with Gasteiger partial charge in [0.1, 0.15) is 0 Å². The fourth-order valence-electron chi connectivity index (χ4n) is 1.82. The second-order valence-corrected chi connectivity index (χ2v) is 6.41. The number of rotatable bonds is 5. The summed E-state index contributed by atoms with van der Waals surface area (Å²) in [6.45, 7) is 2.01. The summed E-state index contributed by atoms with van der Waals surface area (Å²) in [6, 6.07) is 14.8. The molecular formula is C16H14Cl2OS. The van der Waals surface area contributed by atoms with Gasteiger partial charge in [0.05, 0.1) is 15.3 Å². The maximum absolute atomic E-state index is 12.5. The quantitative estimate of drug-likeness (QED) is 0.514. The van der Waals surface area contributed by atoms with Crippen molar-refractivity contribution >= 4 is 40.7 Å². The zero-order valence-electron chi connectivity index (χ0n) is 11.0. The van der Waals surface area contributed by atoms with E-state index in [1.165, 1.54) is 11.8 Å². The van der Waals surface area contributed by atoms with Gasteiger partial charge in [0, 0.05) is 10.5 Å². The van der Waals surface area contributed by atoms with Gasteiger partial charge in [-0.2, -0.15) is 0 Å². The molecule has 0 bridgehead atoms. The van der Waals surface area contributed by atoms with Crippen LogP contribution in [-0.4, -0.2) is 11.0 Å². The van der Waals surface area contributed by atoms with Crippen molar-refractivity contribution in [1.29, 1.82) is 0 Å². The Bertz CT molecular complexity index is 599. The van der Waals surface area contributed by atoms with E-state index in [0.717, 1.165) is 16.9 Å². The number of thioether (sulfide) groups is 1. The molecule has 0 saturated carbocycles. The molecule has 0 fully saturated rings. The maximum atomic E-state index is 12.5. The van der Waals surface area contributed by atoms with E-state index in [1.54, 1.807) is 12.1 Å². The van der Waals surface area contributed by atoms with Crippen molar-refractivity contribution in [2.24, 2.45) is 0 Å². The molecule has 0 spiro atoms. The number of carbonyl (C=O) groups excluding carboxylic acids is 1. The van der Waals surface area contributed by atoms with Gasteiger partial charge in [-0.15, -0.1) is 11.8 Å². The Kier molecular flexibility index (Phi) is 5.53. The van der Waals surface area contributed by atoms with E-state index in [4.69, 9.17) is 23.2 Å². The largest absolute Gasteiger partial charge is 0.293 e. The van der Waals surface area contributed by atoms with Gasteiger partial charge < -0.3 is 0 Å². The van der Waals surface area contributed by atoms with Gasteiger partial charge in [-0.25, -0.2) is 0 Å². The van der Waals surface area contributed by atoms with Crippen molar-refractivity contribution in [3.63, 3.8) is 0 Å². The van der Waals surface area contributed by atoms with Crippen LogP contribution in [0.4, 0.5) is 0 Å². The van der Waals surface area contributed by atoms with Gasteiger partial charge in [0.25, 0.3) is 0 Å². The molecule has 2 rings (SSSR count). The fourth-order valence-corrected chi connectivity index (χ4v) is 3.26. The SMILES string of the molecule is CCC(Sc1ccc(Cl)c(Cl)c1)C(=O)c1ccccc1. The van der Waals surface area contributed by atoms with Crippen LogP contribution in [-0.2, 0) is 0 Å². The predicted molar refractivity (Wildman–Crippen MR) is 87.2 cm³/mol. The minimum Gasteiger partial charge on any atom is -0.293 e. The van der Waals surface area contributed by atoms with Crippen LogP contribution >= 0.6 is 35.0 Å². The van der Waals surface area contributed by atoms with E-state index in [0.29, 0.717) is 10.0 Å². The van der Waals surface area contributed by atoms with Gasteiger partial charge in [-0.1, -0.05) is 60.5 Å². The van der Waals surface area contributed by atoms with Crippen molar-refractivity contribution in [2.45, 2.75) is 23.5 Å². The smallest absolute Gasteiger partial charge is 0.176 e. The van der Waals surface area contributed by atoms with Crippen LogP contribution in [0.3, 0.4) is 0 Å². The number of carbonyl (C=O) groups is 1. The average Bonchev–Trinajstić information content (AvgIpc) is 2.48. The Morgan fingerprint density at radius 2 is 1.80 bits per heavy atom. The van der Waals surface area contributed by atoms with Gasteiger partial charge in [0.2, 0.25) is 0 Å². The minimum atomic E-state index is -0.116. The molecule has 0 heterocycles. The summed E-state index contributed by atoms with van der Waals surface area (Å²) < 4.78 is 0. The molecule has 2 aromatic carbocycles. The first kappa shape index (κ1) is 15.4. The van der Waals surface area contributed by atoms with E-state index in [-0.39, 0.29) is 11.0 Å². The molecule has 4 heteroatoms. The lowest BCUT2D eigenvalue weighted by Crippen LogP contribution is -2.16. The highest BCUT2D eigenvalue weighted by Crippen LogP contribution is 2.32. The van der Waals surface area contributed by atoms with Gasteiger partial charge >= 0.3 is 0 Å². The Morgan fingerprint density at radius 3 is 2.40 bits per heavy atom. The number of hydrogen-bond acceptors (Lipinski definition) is 2. The summed E-state index contributed by atoms with van der Waals surface area (Å²) in [6.07, 6.45) is 0.763. The van der Waals surface area contributed by atoms with Crippen LogP contribution < -0.4 is 0 Å². The average molecular weight is 325 g/mol. The van der Waals surface area contributed by atoms with Crippen molar-refractivity contribution < 1.29 is 4.79 Å². The molecule has 2 aromatic rings. The van der Waals surface area contributed by atoms with E-state index in [2.05, 4.69) is 0 Å². The number of ketones is 1. The summed E-state index contributed by atoms with van der Waals surface area (Å²) in [5, 5.41) is 0.923. The number of halogens is 2. The van der Waals surface area contributed by atoms with Crippen molar-refractivity contribution in [2.75, 3.05) is 0 Å². The predicted octanol–water partition coefficient (Wildman–Crippen LogP) is 5.75. The molecule has 0 aliphatic carbocycles. The lowest BCUT2D eigenvalue weighted by Gasteiger charge is -2.14. The van der Waals surface area contributed by atoms with Crippen LogP contribution in [0.25, 0.3) is 0 Å². The third-order valence-corrected chi connectivity index (χ3v) is 4.99. The summed E-state index contributed by atoms with van der Waals surface area (Å²) >= 11 is 13.4. The molecular weight excluding hydrogens is 311 g/mol. The molecule has 1 unspecified atom stereocenters. The molecule has 0 amide bonds. The highest BCUT2D eigenvalue weighted by atomic mass is 35.5. The lowest BCUT2D eigenvalue weighted by atomic mass is 10.1. The van der Waals surface area contributed by atoms with E-state index in [9.17, 15) is 4.79 Å². The normalized spacial score (nSPS) is 12.2. The van der Waals surface area contributed by atoms with E-state index < -0.39 is 0 Å². The van der Waals surface area contributed by atoms with Crippen LogP contribution in [0.2, 0.25) is 10.0 Å².